The molecule has 26 heavy (non-hydrogen) atoms. The molecule has 1 N–H and O–H groups in total. The highest BCUT2D eigenvalue weighted by Crippen LogP contribution is 2.25. The van der Waals surface area contributed by atoms with Crippen molar-refractivity contribution in [3.63, 3.8) is 0 Å². The number of nitrogens with zero attached hydrogens (tertiary/aromatic N) is 2. The predicted molar refractivity (Wildman–Crippen MR) is 102 cm³/mol. The smallest absolute Gasteiger partial charge is 0.263 e. The highest BCUT2D eigenvalue weighted by atomic mass is 32.2. The number of hydrogen-bond acceptors (Lipinski definition) is 6. The molecule has 140 valence electrons. The number of hydrogen-bond donors (Lipinski definition) is 1. The van der Waals surface area contributed by atoms with Gasteiger partial charge in [0.05, 0.1) is 28.3 Å². The molecule has 0 radical (unpaired) electrons. The van der Waals surface area contributed by atoms with Crippen LogP contribution in [0.15, 0.2) is 53.6 Å². The number of sulfonamides is 1. The van der Waals surface area contributed by atoms with E-state index < -0.39 is 19.9 Å². The zero-order chi connectivity index (χ0) is 18.8. The quantitative estimate of drug-likeness (QED) is 0.802. The molecule has 9 heteroatoms. The van der Waals surface area contributed by atoms with Gasteiger partial charge in [-0.2, -0.15) is 0 Å². The Labute approximate surface area is 154 Å². The third kappa shape index (κ3) is 4.16. The topological polar surface area (TPSA) is 96.4 Å². The lowest BCUT2D eigenvalue weighted by Gasteiger charge is -2.28. The Morgan fingerprint density at radius 1 is 1.19 bits per heavy atom. The molecule has 1 aliphatic rings. The molecule has 0 saturated carbocycles. The van der Waals surface area contributed by atoms with Crippen molar-refractivity contribution in [3.8, 4) is 0 Å². The minimum absolute atomic E-state index is 0.0707. The summed E-state index contributed by atoms with van der Waals surface area (Å²) in [5, 5.41) is 0. The van der Waals surface area contributed by atoms with Gasteiger partial charge in [-0.15, -0.1) is 0 Å². The molecule has 7 nitrogen and oxygen atoms in total. The Balaban J connectivity index is 1.76. The fourth-order valence-corrected chi connectivity index (χ4v) is 5.85. The van der Waals surface area contributed by atoms with Crippen LogP contribution in [0.4, 0.5) is 11.5 Å². The maximum Gasteiger partial charge on any atom is 0.263 e. The Morgan fingerprint density at radius 3 is 2.46 bits per heavy atom. The first-order valence-corrected chi connectivity index (χ1v) is 11.6. The van der Waals surface area contributed by atoms with Crippen LogP contribution in [0, 0.1) is 0 Å². The fourth-order valence-electron chi connectivity index (χ4n) is 3.09. The minimum atomic E-state index is -3.69. The lowest BCUT2D eigenvalue weighted by atomic mass is 10.2. The van der Waals surface area contributed by atoms with Gasteiger partial charge in [-0.05, 0) is 37.6 Å². The zero-order valence-corrected chi connectivity index (χ0v) is 16.0. The second-order valence-corrected chi connectivity index (χ2v) is 10.1. The van der Waals surface area contributed by atoms with Crippen LogP contribution in [-0.2, 0) is 19.9 Å². The zero-order valence-electron chi connectivity index (χ0n) is 14.4. The van der Waals surface area contributed by atoms with Crippen LogP contribution in [0.1, 0.15) is 13.3 Å². The van der Waals surface area contributed by atoms with Crippen molar-refractivity contribution in [2.24, 2.45) is 0 Å². The molecule has 2 aromatic rings. The highest BCUT2D eigenvalue weighted by Gasteiger charge is 2.32. The van der Waals surface area contributed by atoms with Gasteiger partial charge in [0.15, 0.2) is 9.84 Å². The van der Waals surface area contributed by atoms with Crippen LogP contribution >= 0.6 is 0 Å². The van der Waals surface area contributed by atoms with E-state index in [4.69, 9.17) is 0 Å². The second-order valence-electron chi connectivity index (χ2n) is 6.16. The van der Waals surface area contributed by atoms with E-state index in [1.54, 1.807) is 36.5 Å². The molecule has 0 amide bonds. The van der Waals surface area contributed by atoms with E-state index >= 15 is 0 Å². The number of benzene rings is 1. The molecule has 3 rings (SSSR count). The summed E-state index contributed by atoms with van der Waals surface area (Å²) >= 11 is 0. The fraction of sp³-hybridized carbons (Fsp3) is 0.353. The van der Waals surface area contributed by atoms with E-state index in [1.807, 2.05) is 11.8 Å². The van der Waals surface area contributed by atoms with Crippen LogP contribution in [-0.4, -0.2) is 45.9 Å². The lowest BCUT2D eigenvalue weighted by Crippen LogP contribution is -2.36. The molecule has 0 bridgehead atoms. The Morgan fingerprint density at radius 2 is 1.92 bits per heavy atom. The van der Waals surface area contributed by atoms with E-state index in [0.717, 1.165) is 5.69 Å². The van der Waals surface area contributed by atoms with Gasteiger partial charge >= 0.3 is 0 Å². The first-order chi connectivity index (χ1) is 12.3. The minimum Gasteiger partial charge on any atom is -0.367 e. The molecule has 1 aromatic heterocycles. The molecule has 0 aliphatic carbocycles. The van der Waals surface area contributed by atoms with E-state index in [-0.39, 0.29) is 28.3 Å². The molecule has 1 unspecified atom stereocenters. The third-order valence-electron chi connectivity index (χ3n) is 4.36. The molecule has 1 aliphatic heterocycles. The standard InChI is InChI=1S/C17H21N3O4S2/c1-2-20(15-10-11-25(21,22)13-15)14-8-9-17(18-12-14)19-26(23,24)16-6-4-3-5-7-16/h3-9,12,15H,2,10-11,13H2,1H3,(H,18,19). The average Bonchev–Trinajstić information content (AvgIpc) is 2.97. The van der Waals surface area contributed by atoms with Crippen LogP contribution in [0.2, 0.25) is 0 Å². The summed E-state index contributed by atoms with van der Waals surface area (Å²) < 4.78 is 50.5. The van der Waals surface area contributed by atoms with Crippen molar-refractivity contribution >= 4 is 31.4 Å². The number of rotatable bonds is 6. The summed E-state index contributed by atoms with van der Waals surface area (Å²) in [5.41, 5.74) is 0.775. The number of anilines is 2. The van der Waals surface area contributed by atoms with Crippen molar-refractivity contribution in [1.29, 1.82) is 0 Å². The molecule has 1 fully saturated rings. The summed E-state index contributed by atoms with van der Waals surface area (Å²) in [7, 11) is -6.66. The lowest BCUT2D eigenvalue weighted by molar-refractivity contribution is 0.598. The van der Waals surface area contributed by atoms with Crippen molar-refractivity contribution < 1.29 is 16.8 Å². The Bertz CT molecular complexity index is 959. The van der Waals surface area contributed by atoms with Crippen LogP contribution in [0.25, 0.3) is 0 Å². The van der Waals surface area contributed by atoms with E-state index in [0.29, 0.717) is 13.0 Å². The molecular formula is C17H21N3O4S2. The van der Waals surface area contributed by atoms with Crippen molar-refractivity contribution in [1.82, 2.24) is 4.98 Å². The average molecular weight is 396 g/mol. The first-order valence-electron chi connectivity index (χ1n) is 8.32. The Hall–Kier alpha value is -2.13. The molecule has 0 spiro atoms. The van der Waals surface area contributed by atoms with Gasteiger partial charge in [0.25, 0.3) is 10.0 Å². The molecule has 2 heterocycles. The first kappa shape index (κ1) is 18.7. The monoisotopic (exact) mass is 395 g/mol. The summed E-state index contributed by atoms with van der Waals surface area (Å²) in [6.45, 7) is 2.61. The molecule has 1 atom stereocenters. The molecule has 1 aromatic carbocycles. The van der Waals surface area contributed by atoms with Gasteiger partial charge in [0, 0.05) is 12.6 Å². The summed E-state index contributed by atoms with van der Waals surface area (Å²) in [6.07, 6.45) is 2.16. The van der Waals surface area contributed by atoms with E-state index in [1.165, 1.54) is 12.1 Å². The number of aromatic nitrogens is 1. The van der Waals surface area contributed by atoms with Gasteiger partial charge < -0.3 is 4.90 Å². The number of pyridine rings is 1. The normalized spacial score (nSPS) is 19.2. The van der Waals surface area contributed by atoms with Gasteiger partial charge in [0.1, 0.15) is 5.82 Å². The number of sulfone groups is 1. The Kier molecular flexibility index (Phi) is 5.19. The molecular weight excluding hydrogens is 374 g/mol. The van der Waals surface area contributed by atoms with Crippen LogP contribution < -0.4 is 9.62 Å². The van der Waals surface area contributed by atoms with Crippen molar-refractivity contribution in [3.05, 3.63) is 48.7 Å². The molecule has 1 saturated heterocycles. The van der Waals surface area contributed by atoms with Crippen LogP contribution in [0.5, 0.6) is 0 Å². The highest BCUT2D eigenvalue weighted by molar-refractivity contribution is 7.92. The maximum atomic E-state index is 12.3. The van der Waals surface area contributed by atoms with Crippen molar-refractivity contribution in [2.45, 2.75) is 24.3 Å². The summed E-state index contributed by atoms with van der Waals surface area (Å²) in [6, 6.07) is 11.3. The largest absolute Gasteiger partial charge is 0.367 e. The van der Waals surface area contributed by atoms with Crippen LogP contribution in [0.3, 0.4) is 0 Å². The number of nitrogens with one attached hydrogen (secondary N) is 1. The van der Waals surface area contributed by atoms with Crippen molar-refractivity contribution in [2.75, 3.05) is 27.7 Å². The van der Waals surface area contributed by atoms with E-state index in [9.17, 15) is 16.8 Å². The van der Waals surface area contributed by atoms with E-state index in [2.05, 4.69) is 9.71 Å². The summed E-state index contributed by atoms with van der Waals surface area (Å²) in [4.78, 5) is 6.34. The summed E-state index contributed by atoms with van der Waals surface area (Å²) in [5.74, 6) is 0.562. The van der Waals surface area contributed by atoms with Gasteiger partial charge in [-0.3, -0.25) is 4.72 Å². The van der Waals surface area contributed by atoms with Gasteiger partial charge in [0.2, 0.25) is 0 Å². The SMILES string of the molecule is CCN(c1ccc(NS(=O)(=O)c2ccccc2)nc1)C1CCS(=O)(=O)C1. The predicted octanol–water partition coefficient (Wildman–Crippen LogP) is 1.90. The maximum absolute atomic E-state index is 12.3. The second kappa shape index (κ2) is 7.24. The van der Waals surface area contributed by atoms with Gasteiger partial charge in [-0.25, -0.2) is 21.8 Å². The van der Waals surface area contributed by atoms with Gasteiger partial charge in [-0.1, -0.05) is 18.2 Å². The third-order valence-corrected chi connectivity index (χ3v) is 7.48.